The van der Waals surface area contributed by atoms with Crippen molar-refractivity contribution in [1.82, 2.24) is 4.57 Å². The number of nitrogens with zero attached hydrogens (tertiary/aromatic N) is 1. The Labute approximate surface area is 137 Å². The molecular formula is C18H15NO5. The largest absolute Gasteiger partial charge is 0.495 e. The van der Waals surface area contributed by atoms with Gasteiger partial charge in [0.1, 0.15) is 11.4 Å². The lowest BCUT2D eigenvalue weighted by Crippen LogP contribution is -2.11. The van der Waals surface area contributed by atoms with E-state index in [0.717, 1.165) is 10.9 Å². The molecule has 6 heteroatoms. The van der Waals surface area contributed by atoms with E-state index in [4.69, 9.17) is 9.47 Å². The van der Waals surface area contributed by atoms with Crippen molar-refractivity contribution in [2.24, 2.45) is 0 Å². The second kappa shape index (κ2) is 6.08. The van der Waals surface area contributed by atoms with Gasteiger partial charge in [-0.15, -0.1) is 0 Å². The molecule has 0 saturated carbocycles. The van der Waals surface area contributed by atoms with Crippen LogP contribution in [-0.4, -0.2) is 35.8 Å². The van der Waals surface area contributed by atoms with Crippen LogP contribution >= 0.6 is 0 Å². The molecule has 0 aliphatic heterocycles. The van der Waals surface area contributed by atoms with Gasteiger partial charge in [0, 0.05) is 6.20 Å². The highest BCUT2D eigenvalue weighted by Gasteiger charge is 2.22. The van der Waals surface area contributed by atoms with Crippen molar-refractivity contribution in [2.45, 2.75) is 0 Å². The third-order valence-corrected chi connectivity index (χ3v) is 3.79. The first-order chi connectivity index (χ1) is 11.6. The molecule has 3 rings (SSSR count). The fourth-order valence-corrected chi connectivity index (χ4v) is 2.68. The van der Waals surface area contributed by atoms with E-state index in [0.29, 0.717) is 5.69 Å². The quantitative estimate of drug-likeness (QED) is 0.746. The van der Waals surface area contributed by atoms with Crippen LogP contribution < -0.4 is 4.74 Å². The van der Waals surface area contributed by atoms with E-state index >= 15 is 0 Å². The molecule has 3 aromatic rings. The van der Waals surface area contributed by atoms with Crippen LogP contribution in [0.15, 0.2) is 48.7 Å². The Morgan fingerprint density at radius 1 is 1.08 bits per heavy atom. The van der Waals surface area contributed by atoms with Crippen LogP contribution in [0.5, 0.6) is 5.75 Å². The van der Waals surface area contributed by atoms with Crippen LogP contribution in [0.4, 0.5) is 0 Å². The van der Waals surface area contributed by atoms with Crippen LogP contribution in [0.3, 0.4) is 0 Å². The van der Waals surface area contributed by atoms with Gasteiger partial charge >= 0.3 is 11.9 Å². The minimum Gasteiger partial charge on any atom is -0.495 e. The Kier molecular flexibility index (Phi) is 3.95. The molecule has 1 heterocycles. The predicted octanol–water partition coefficient (Wildman–Crippen LogP) is 3.12. The van der Waals surface area contributed by atoms with Gasteiger partial charge in [-0.1, -0.05) is 18.2 Å². The first-order valence-corrected chi connectivity index (χ1v) is 7.17. The molecule has 0 radical (unpaired) electrons. The number of esters is 1. The summed E-state index contributed by atoms with van der Waals surface area (Å²) in [6, 6.07) is 12.2. The Morgan fingerprint density at radius 2 is 1.83 bits per heavy atom. The second-order valence-corrected chi connectivity index (χ2v) is 5.12. The number of aromatic carboxylic acids is 1. The van der Waals surface area contributed by atoms with Crippen molar-refractivity contribution in [1.29, 1.82) is 0 Å². The summed E-state index contributed by atoms with van der Waals surface area (Å²) in [7, 11) is 2.68. The second-order valence-electron chi connectivity index (χ2n) is 5.12. The molecule has 0 spiro atoms. The molecule has 1 N–H and O–H groups in total. The maximum absolute atomic E-state index is 12.2. The zero-order valence-electron chi connectivity index (χ0n) is 13.1. The molecule has 0 atom stereocenters. The molecule has 0 aliphatic rings. The third kappa shape index (κ3) is 2.48. The molecule has 24 heavy (non-hydrogen) atoms. The summed E-state index contributed by atoms with van der Waals surface area (Å²) in [6.45, 7) is 0. The predicted molar refractivity (Wildman–Crippen MR) is 88.1 cm³/mol. The van der Waals surface area contributed by atoms with Crippen molar-refractivity contribution < 1.29 is 24.2 Å². The van der Waals surface area contributed by atoms with Crippen molar-refractivity contribution in [2.75, 3.05) is 14.2 Å². The van der Waals surface area contributed by atoms with E-state index in [2.05, 4.69) is 0 Å². The molecule has 0 bridgehead atoms. The number of carboxylic acids is 1. The number of fused-ring (bicyclic) bond motifs is 1. The van der Waals surface area contributed by atoms with E-state index in [1.54, 1.807) is 10.8 Å². The van der Waals surface area contributed by atoms with E-state index in [9.17, 15) is 14.7 Å². The minimum atomic E-state index is -1.15. The molecule has 6 nitrogen and oxygen atoms in total. The number of hydrogen-bond acceptors (Lipinski definition) is 4. The summed E-state index contributed by atoms with van der Waals surface area (Å²) < 4.78 is 12.0. The standard InChI is InChI=1S/C18H15NO5/c1-23-15-10-12(17(20)21)9-13(18(22)24-2)16(15)19-8-7-11-5-3-4-6-14(11)19/h3-10H,1-2H3,(H,20,21). The van der Waals surface area contributed by atoms with Gasteiger partial charge in [0.25, 0.3) is 0 Å². The monoisotopic (exact) mass is 325 g/mol. The molecule has 0 amide bonds. The molecule has 0 unspecified atom stereocenters. The zero-order valence-corrected chi connectivity index (χ0v) is 13.1. The van der Waals surface area contributed by atoms with Crippen molar-refractivity contribution in [3.8, 4) is 11.4 Å². The number of hydrogen-bond donors (Lipinski definition) is 1. The smallest absolute Gasteiger partial charge is 0.340 e. The zero-order chi connectivity index (χ0) is 17.3. The Morgan fingerprint density at radius 3 is 2.50 bits per heavy atom. The fourth-order valence-electron chi connectivity index (χ4n) is 2.68. The summed E-state index contributed by atoms with van der Waals surface area (Å²) in [5.41, 5.74) is 1.38. The van der Waals surface area contributed by atoms with Crippen LogP contribution in [0.25, 0.3) is 16.6 Å². The number of ether oxygens (including phenoxy) is 2. The summed E-state index contributed by atoms with van der Waals surface area (Å²) >= 11 is 0. The lowest BCUT2D eigenvalue weighted by molar-refractivity contribution is 0.0600. The highest BCUT2D eigenvalue weighted by atomic mass is 16.5. The van der Waals surface area contributed by atoms with Crippen LogP contribution in [0.2, 0.25) is 0 Å². The lowest BCUT2D eigenvalue weighted by Gasteiger charge is -2.16. The molecule has 122 valence electrons. The van der Waals surface area contributed by atoms with Gasteiger partial charge in [0.15, 0.2) is 0 Å². The molecule has 0 saturated heterocycles. The SMILES string of the molecule is COC(=O)c1cc(C(=O)O)cc(OC)c1-n1ccc2ccccc21. The van der Waals surface area contributed by atoms with E-state index < -0.39 is 11.9 Å². The number of benzene rings is 2. The molecule has 0 fully saturated rings. The highest BCUT2D eigenvalue weighted by molar-refractivity contribution is 6.00. The van der Waals surface area contributed by atoms with E-state index in [1.807, 2.05) is 30.3 Å². The number of carbonyl (C=O) groups is 2. The van der Waals surface area contributed by atoms with Gasteiger partial charge in [0.2, 0.25) is 0 Å². The number of methoxy groups -OCH3 is 2. The Balaban J connectivity index is 2.37. The first kappa shape index (κ1) is 15.6. The number of carboxylic acid groups (broad SMARTS) is 1. The number of carbonyl (C=O) groups excluding carboxylic acids is 1. The van der Waals surface area contributed by atoms with Crippen LogP contribution in [-0.2, 0) is 4.74 Å². The van der Waals surface area contributed by atoms with Crippen molar-refractivity contribution in [3.05, 3.63) is 59.8 Å². The minimum absolute atomic E-state index is 0.0486. The van der Waals surface area contributed by atoms with E-state index in [1.165, 1.54) is 26.4 Å². The Bertz CT molecular complexity index is 942. The molecule has 1 aromatic heterocycles. The van der Waals surface area contributed by atoms with Crippen LogP contribution in [0.1, 0.15) is 20.7 Å². The maximum Gasteiger partial charge on any atom is 0.340 e. The highest BCUT2D eigenvalue weighted by Crippen LogP contribution is 2.32. The topological polar surface area (TPSA) is 77.8 Å². The lowest BCUT2D eigenvalue weighted by atomic mass is 10.1. The summed E-state index contributed by atoms with van der Waals surface area (Å²) in [5, 5.41) is 10.2. The molecule has 2 aromatic carbocycles. The molecule has 0 aliphatic carbocycles. The summed E-state index contributed by atoms with van der Waals surface area (Å²) in [6.07, 6.45) is 1.80. The summed E-state index contributed by atoms with van der Waals surface area (Å²) in [5.74, 6) is -1.51. The van der Waals surface area contributed by atoms with Crippen molar-refractivity contribution in [3.63, 3.8) is 0 Å². The molecular weight excluding hydrogens is 310 g/mol. The number of rotatable bonds is 4. The van der Waals surface area contributed by atoms with Gasteiger partial charge in [-0.05, 0) is 29.7 Å². The fraction of sp³-hybridized carbons (Fsp3) is 0.111. The average molecular weight is 325 g/mol. The normalized spacial score (nSPS) is 10.6. The number of aromatic nitrogens is 1. The number of para-hydroxylation sites is 1. The van der Waals surface area contributed by atoms with E-state index in [-0.39, 0.29) is 16.9 Å². The van der Waals surface area contributed by atoms with Gasteiger partial charge in [-0.3, -0.25) is 0 Å². The van der Waals surface area contributed by atoms with Gasteiger partial charge < -0.3 is 19.1 Å². The average Bonchev–Trinajstić information content (AvgIpc) is 3.03. The first-order valence-electron chi connectivity index (χ1n) is 7.17. The maximum atomic E-state index is 12.2. The Hall–Kier alpha value is -3.28. The van der Waals surface area contributed by atoms with Gasteiger partial charge in [0.05, 0.1) is 30.9 Å². The van der Waals surface area contributed by atoms with Crippen LogP contribution in [0, 0.1) is 0 Å². The van der Waals surface area contributed by atoms with Crippen molar-refractivity contribution >= 4 is 22.8 Å². The summed E-state index contributed by atoms with van der Waals surface area (Å²) in [4.78, 5) is 23.6. The van der Waals surface area contributed by atoms with Gasteiger partial charge in [-0.2, -0.15) is 0 Å². The van der Waals surface area contributed by atoms with Gasteiger partial charge in [-0.25, -0.2) is 9.59 Å². The third-order valence-electron chi connectivity index (χ3n) is 3.79.